The molecule has 0 aliphatic heterocycles. The molecule has 1 unspecified atom stereocenters. The fraction of sp³-hybridized carbons (Fsp3) is 0.333. The van der Waals surface area contributed by atoms with E-state index >= 15 is 0 Å². The molecule has 0 bridgehead atoms. The van der Waals surface area contributed by atoms with Gasteiger partial charge in [-0.3, -0.25) is 4.79 Å². The van der Waals surface area contributed by atoms with Crippen LogP contribution in [-0.4, -0.2) is 21.0 Å². The van der Waals surface area contributed by atoms with Crippen molar-refractivity contribution in [1.29, 1.82) is 0 Å². The van der Waals surface area contributed by atoms with Crippen molar-refractivity contribution in [2.45, 2.75) is 23.8 Å². The van der Waals surface area contributed by atoms with Gasteiger partial charge < -0.3 is 16.0 Å². The van der Waals surface area contributed by atoms with E-state index in [9.17, 15) is 4.79 Å². The highest BCUT2D eigenvalue weighted by Gasteiger charge is 2.33. The summed E-state index contributed by atoms with van der Waals surface area (Å²) in [6.45, 7) is 3.26. The van der Waals surface area contributed by atoms with E-state index in [-0.39, 0.29) is 11.0 Å². The summed E-state index contributed by atoms with van der Waals surface area (Å²) in [7, 11) is 0. The predicted molar refractivity (Wildman–Crippen MR) is 88.4 cm³/mol. The summed E-state index contributed by atoms with van der Waals surface area (Å²) in [5.41, 5.74) is 1.84. The Balaban J connectivity index is 2.72. The smallest absolute Gasteiger partial charge is 0.228 e. The van der Waals surface area contributed by atoms with E-state index in [1.165, 1.54) is 6.92 Å². The molecule has 0 fully saturated rings. The minimum absolute atomic E-state index is 0.240. The molecule has 1 aromatic rings. The van der Waals surface area contributed by atoms with E-state index in [4.69, 9.17) is 47.0 Å². The standard InChI is InChI=1S/C12H14Cl3N3OS/c1-7-5-3-4-6-9(7)17-11(20)18-10(12(13,14)15)16-8(2)19/h3-6,10H,1-2H3,(H,16,19)(H2,17,18,20). The molecule has 3 N–H and O–H groups in total. The lowest BCUT2D eigenvalue weighted by atomic mass is 10.2. The molecule has 4 nitrogen and oxygen atoms in total. The Labute approximate surface area is 138 Å². The molecule has 110 valence electrons. The Bertz CT molecular complexity index is 505. The van der Waals surface area contributed by atoms with Gasteiger partial charge in [0.25, 0.3) is 0 Å². The van der Waals surface area contributed by atoms with Crippen molar-refractivity contribution >= 4 is 63.7 Å². The van der Waals surface area contributed by atoms with Gasteiger partial charge in [-0.2, -0.15) is 0 Å². The first-order valence-electron chi connectivity index (χ1n) is 5.67. The molecule has 0 saturated heterocycles. The number of aryl methyl sites for hydroxylation is 1. The van der Waals surface area contributed by atoms with E-state index < -0.39 is 9.96 Å². The molecular formula is C12H14Cl3N3OS. The summed E-state index contributed by atoms with van der Waals surface area (Å²) >= 11 is 22.5. The van der Waals surface area contributed by atoms with Gasteiger partial charge in [-0.25, -0.2) is 0 Å². The highest BCUT2D eigenvalue weighted by Crippen LogP contribution is 2.29. The molecule has 20 heavy (non-hydrogen) atoms. The number of benzene rings is 1. The third kappa shape index (κ3) is 5.71. The second-order valence-corrected chi connectivity index (χ2v) is 6.87. The highest BCUT2D eigenvalue weighted by molar-refractivity contribution is 7.80. The summed E-state index contributed by atoms with van der Waals surface area (Å²) < 4.78 is -1.73. The molecule has 1 amide bonds. The lowest BCUT2D eigenvalue weighted by Crippen LogP contribution is -2.55. The number of anilines is 1. The minimum Gasteiger partial charge on any atom is -0.339 e. The molecule has 0 heterocycles. The second kappa shape index (κ2) is 7.31. The normalized spacial score (nSPS) is 12.4. The average Bonchev–Trinajstić information content (AvgIpc) is 2.29. The number of amides is 1. The minimum atomic E-state index is -1.73. The largest absolute Gasteiger partial charge is 0.339 e. The monoisotopic (exact) mass is 353 g/mol. The van der Waals surface area contributed by atoms with E-state index in [0.29, 0.717) is 0 Å². The van der Waals surface area contributed by atoms with Crippen LogP contribution in [0.15, 0.2) is 24.3 Å². The number of hydrogen-bond acceptors (Lipinski definition) is 2. The predicted octanol–water partition coefficient (Wildman–Crippen LogP) is 3.11. The van der Waals surface area contributed by atoms with E-state index in [0.717, 1.165) is 11.3 Å². The van der Waals surface area contributed by atoms with Gasteiger partial charge in [0.15, 0.2) is 5.11 Å². The summed E-state index contributed by atoms with van der Waals surface area (Å²) in [5, 5.41) is 8.45. The number of para-hydroxylation sites is 1. The van der Waals surface area contributed by atoms with Crippen molar-refractivity contribution in [2.75, 3.05) is 5.32 Å². The maximum absolute atomic E-state index is 11.1. The molecule has 0 spiro atoms. The fourth-order valence-electron chi connectivity index (χ4n) is 1.41. The molecule has 1 rings (SSSR count). The summed E-state index contributed by atoms with van der Waals surface area (Å²) in [6.07, 6.45) is -0.936. The number of nitrogens with one attached hydrogen (secondary N) is 3. The zero-order chi connectivity index (χ0) is 15.3. The van der Waals surface area contributed by atoms with Crippen molar-refractivity contribution < 1.29 is 4.79 Å². The van der Waals surface area contributed by atoms with Crippen molar-refractivity contribution in [2.24, 2.45) is 0 Å². The number of rotatable bonds is 3. The van der Waals surface area contributed by atoms with Gasteiger partial charge >= 0.3 is 0 Å². The molecule has 0 aromatic heterocycles. The third-order valence-corrected chi connectivity index (χ3v) is 3.22. The number of carbonyl (C=O) groups excluding carboxylic acids is 1. The van der Waals surface area contributed by atoms with Gasteiger partial charge in [-0.05, 0) is 30.8 Å². The molecule has 8 heteroatoms. The zero-order valence-corrected chi connectivity index (χ0v) is 13.9. The molecule has 0 saturated carbocycles. The van der Waals surface area contributed by atoms with Crippen LogP contribution in [0.2, 0.25) is 0 Å². The first kappa shape index (κ1) is 17.3. The van der Waals surface area contributed by atoms with Crippen LogP contribution in [-0.2, 0) is 4.79 Å². The number of hydrogen-bond donors (Lipinski definition) is 3. The Morgan fingerprint density at radius 2 is 1.85 bits per heavy atom. The first-order valence-corrected chi connectivity index (χ1v) is 7.21. The van der Waals surface area contributed by atoms with Crippen LogP contribution in [0.3, 0.4) is 0 Å². The Morgan fingerprint density at radius 1 is 1.25 bits per heavy atom. The Morgan fingerprint density at radius 3 is 2.35 bits per heavy atom. The van der Waals surface area contributed by atoms with Crippen molar-refractivity contribution in [3.63, 3.8) is 0 Å². The lowest BCUT2D eigenvalue weighted by molar-refractivity contribution is -0.119. The van der Waals surface area contributed by atoms with Gasteiger partial charge in [0.1, 0.15) is 6.17 Å². The van der Waals surface area contributed by atoms with Crippen LogP contribution in [0.4, 0.5) is 5.69 Å². The van der Waals surface area contributed by atoms with Crippen LogP contribution >= 0.6 is 47.0 Å². The Kier molecular flexibility index (Phi) is 6.33. The SMILES string of the molecule is CC(=O)NC(NC(=S)Nc1ccccc1C)C(Cl)(Cl)Cl. The Hall–Kier alpha value is -0.750. The van der Waals surface area contributed by atoms with Crippen LogP contribution in [0.25, 0.3) is 0 Å². The van der Waals surface area contributed by atoms with Gasteiger partial charge in [-0.15, -0.1) is 0 Å². The third-order valence-electron chi connectivity index (χ3n) is 2.34. The molecule has 1 atom stereocenters. The van der Waals surface area contributed by atoms with E-state index in [1.807, 2.05) is 31.2 Å². The highest BCUT2D eigenvalue weighted by atomic mass is 35.6. The zero-order valence-electron chi connectivity index (χ0n) is 10.8. The molecular weight excluding hydrogens is 341 g/mol. The second-order valence-electron chi connectivity index (χ2n) is 4.09. The quantitative estimate of drug-likeness (QED) is 0.443. The summed E-state index contributed by atoms with van der Waals surface area (Å²) in [4.78, 5) is 11.1. The fourth-order valence-corrected chi connectivity index (χ4v) is 1.96. The van der Waals surface area contributed by atoms with Crippen LogP contribution in [0.5, 0.6) is 0 Å². The lowest BCUT2D eigenvalue weighted by Gasteiger charge is -2.27. The number of halogens is 3. The number of carbonyl (C=O) groups is 1. The van der Waals surface area contributed by atoms with E-state index in [1.54, 1.807) is 0 Å². The van der Waals surface area contributed by atoms with Gasteiger partial charge in [0.2, 0.25) is 9.70 Å². The van der Waals surface area contributed by atoms with Crippen LogP contribution in [0, 0.1) is 6.92 Å². The summed E-state index contributed by atoms with van der Waals surface area (Å²) in [5.74, 6) is -0.340. The molecule has 0 aliphatic rings. The molecule has 1 aromatic carbocycles. The maximum atomic E-state index is 11.1. The van der Waals surface area contributed by atoms with Gasteiger partial charge in [0, 0.05) is 12.6 Å². The number of alkyl halides is 3. The van der Waals surface area contributed by atoms with Gasteiger partial charge in [0.05, 0.1) is 0 Å². The van der Waals surface area contributed by atoms with Crippen LogP contribution in [0.1, 0.15) is 12.5 Å². The van der Waals surface area contributed by atoms with Crippen molar-refractivity contribution in [3.8, 4) is 0 Å². The topological polar surface area (TPSA) is 53.2 Å². The maximum Gasteiger partial charge on any atom is 0.228 e. The van der Waals surface area contributed by atoms with Crippen molar-refractivity contribution in [1.82, 2.24) is 10.6 Å². The van der Waals surface area contributed by atoms with Gasteiger partial charge in [-0.1, -0.05) is 53.0 Å². The number of thiocarbonyl (C=S) groups is 1. The van der Waals surface area contributed by atoms with Crippen molar-refractivity contribution in [3.05, 3.63) is 29.8 Å². The molecule has 0 aliphatic carbocycles. The molecule has 0 radical (unpaired) electrons. The average molecular weight is 355 g/mol. The van der Waals surface area contributed by atoms with Crippen LogP contribution < -0.4 is 16.0 Å². The first-order chi connectivity index (χ1) is 9.20. The van der Waals surface area contributed by atoms with E-state index in [2.05, 4.69) is 16.0 Å². The summed E-state index contributed by atoms with van der Waals surface area (Å²) in [6, 6.07) is 7.59.